The number of rotatable bonds is 3. The molecule has 1 fully saturated rings. The molecular weight excluding hydrogens is 574 g/mol. The van der Waals surface area contributed by atoms with Crippen molar-refractivity contribution in [1.29, 1.82) is 5.26 Å². The van der Waals surface area contributed by atoms with Crippen LogP contribution in [0.1, 0.15) is 24.6 Å². The molecule has 0 radical (unpaired) electrons. The molecule has 12 heteroatoms. The van der Waals surface area contributed by atoms with Crippen molar-refractivity contribution in [2.75, 3.05) is 15.4 Å². The zero-order valence-corrected chi connectivity index (χ0v) is 21.1. The number of nitrogen functional groups attached to an aromatic ring is 1. The Labute approximate surface area is 206 Å². The van der Waals surface area contributed by atoms with Crippen LogP contribution in [-0.4, -0.2) is 34.6 Å². The zero-order chi connectivity index (χ0) is 24.1. The van der Waals surface area contributed by atoms with Crippen LogP contribution < -0.4 is 14.4 Å². The first-order chi connectivity index (χ1) is 16.3. The predicted octanol–water partition coefficient (Wildman–Crippen LogP) is 3.72. The van der Waals surface area contributed by atoms with E-state index in [1.165, 1.54) is 21.2 Å². The molecule has 3 aromatic heterocycles. The molecule has 1 aliphatic rings. The molecule has 1 atom stereocenters. The fourth-order valence-electron chi connectivity index (χ4n) is 3.99. The van der Waals surface area contributed by atoms with Crippen LogP contribution in [0, 0.1) is 27.9 Å². The third-order valence-electron chi connectivity index (χ3n) is 5.56. The van der Waals surface area contributed by atoms with E-state index in [9.17, 15) is 14.4 Å². The van der Waals surface area contributed by atoms with Crippen LogP contribution in [0.25, 0.3) is 11.2 Å². The van der Waals surface area contributed by atoms with E-state index < -0.39 is 25.9 Å². The molecule has 9 nitrogen and oxygen atoms in total. The van der Waals surface area contributed by atoms with Gasteiger partial charge in [-0.1, -0.05) is 0 Å². The molecule has 174 valence electrons. The molecule has 4 aromatic rings. The van der Waals surface area contributed by atoms with Crippen molar-refractivity contribution in [2.24, 2.45) is 0 Å². The molecule has 0 spiro atoms. The van der Waals surface area contributed by atoms with Crippen molar-refractivity contribution in [3.63, 3.8) is 0 Å². The Morgan fingerprint density at radius 2 is 2.12 bits per heavy atom. The van der Waals surface area contributed by atoms with Crippen LogP contribution in [0.15, 0.2) is 41.3 Å². The third kappa shape index (κ3) is 3.57. The van der Waals surface area contributed by atoms with E-state index in [0.717, 1.165) is 6.42 Å². The number of aryl methyl sites for hydroxylation is 1. The number of nitrogens with zero attached hydrogens (tertiary/aromatic N) is 7. The fraction of sp³-hybridized carbons (Fsp3) is 0.227. The molecule has 4 heterocycles. The van der Waals surface area contributed by atoms with Gasteiger partial charge in [0.15, 0.2) is 0 Å². The summed E-state index contributed by atoms with van der Waals surface area (Å²) in [5.41, 5.74) is 6.96. The summed E-state index contributed by atoms with van der Waals surface area (Å²) in [5, 5.41) is 14.9. The van der Waals surface area contributed by atoms with Crippen molar-refractivity contribution >= 4 is 49.0 Å². The quantitative estimate of drug-likeness (QED) is 0.219. The summed E-state index contributed by atoms with van der Waals surface area (Å²) >= 11 is 3.75. The van der Waals surface area contributed by atoms with Crippen LogP contribution >= 0.6 is 31.7 Å². The van der Waals surface area contributed by atoms with Crippen LogP contribution in [0.5, 0.6) is 0 Å². The van der Waals surface area contributed by atoms with Gasteiger partial charge in [-0.05, 0) is 0 Å². The van der Waals surface area contributed by atoms with Crippen LogP contribution in [-0.2, 0) is 0 Å². The predicted molar refractivity (Wildman–Crippen MR) is 136 cm³/mol. The molecule has 1 aliphatic heterocycles. The molecule has 0 amide bonds. The Kier molecular flexibility index (Phi) is 5.65. The Morgan fingerprint density at radius 1 is 1.32 bits per heavy atom. The number of nitrogens with two attached hydrogens (primary N) is 1. The maximum absolute atomic E-state index is 14.2. The second-order valence-electron chi connectivity index (χ2n) is 7.77. The molecular formula is C22H19ClFIN8O. The number of alkyl halides is 1. The van der Waals surface area contributed by atoms with Gasteiger partial charge < -0.3 is 0 Å². The Hall–Kier alpha value is -3.24. The van der Waals surface area contributed by atoms with Crippen LogP contribution in [0.4, 0.5) is 16.2 Å². The SMILES string of the molecule is Cc1nc(N)nc(N2CCC(C)I2c2nn3ccc(Cl)c3c(=O)n2-c2cccc(F)c2)c1C#N. The van der Waals surface area contributed by atoms with E-state index in [0.29, 0.717) is 33.1 Å². The van der Waals surface area contributed by atoms with Crippen LogP contribution in [0.2, 0.25) is 5.02 Å². The number of nitriles is 1. The summed E-state index contributed by atoms with van der Waals surface area (Å²) in [6, 6.07) is 9.63. The summed E-state index contributed by atoms with van der Waals surface area (Å²) < 4.78 is 19.9. The summed E-state index contributed by atoms with van der Waals surface area (Å²) in [6.45, 7) is 4.44. The van der Waals surface area contributed by atoms with Gasteiger partial charge in [-0.3, -0.25) is 0 Å². The Bertz CT molecular complexity index is 1540. The van der Waals surface area contributed by atoms with E-state index in [1.807, 2.05) is 0 Å². The molecule has 0 aliphatic carbocycles. The topological polar surface area (TPSA) is 118 Å². The minimum atomic E-state index is -2.54. The first kappa shape index (κ1) is 22.5. The first-order valence-electron chi connectivity index (χ1n) is 10.4. The van der Waals surface area contributed by atoms with Gasteiger partial charge in [0.05, 0.1) is 0 Å². The van der Waals surface area contributed by atoms with E-state index >= 15 is 0 Å². The van der Waals surface area contributed by atoms with Crippen molar-refractivity contribution < 1.29 is 4.39 Å². The zero-order valence-electron chi connectivity index (χ0n) is 18.2. The van der Waals surface area contributed by atoms with Crippen molar-refractivity contribution in [3.05, 3.63) is 72.8 Å². The molecule has 1 unspecified atom stereocenters. The molecule has 1 saturated heterocycles. The standard InChI is InChI=1S/C22H19ClFIN8O/c1-12-6-8-31(19-16(11-26)13(2)28-22(27)29-19)25(12)21-30-32-9-7-17(23)18(32)20(34)33(21)15-5-3-4-14(24)10-15/h3-5,7,9-10,12H,6,8H2,1-2H3,(H2,27,28,29). The van der Waals surface area contributed by atoms with E-state index in [4.69, 9.17) is 22.4 Å². The number of halogens is 3. The number of hydrogen-bond acceptors (Lipinski definition) is 7. The summed E-state index contributed by atoms with van der Waals surface area (Å²) in [5.74, 6) is 0.0560. The van der Waals surface area contributed by atoms with Crippen LogP contribution in [0.3, 0.4) is 0 Å². The molecule has 34 heavy (non-hydrogen) atoms. The van der Waals surface area contributed by atoms with Gasteiger partial charge in [-0.2, -0.15) is 0 Å². The molecule has 0 saturated carbocycles. The second kappa shape index (κ2) is 8.52. The molecule has 1 aromatic carbocycles. The fourth-order valence-corrected chi connectivity index (χ4v) is 10.8. The second-order valence-corrected chi connectivity index (χ2v) is 14.1. The number of benzene rings is 1. The van der Waals surface area contributed by atoms with Gasteiger partial charge in [0.1, 0.15) is 0 Å². The van der Waals surface area contributed by atoms with Gasteiger partial charge in [-0.15, -0.1) is 0 Å². The Morgan fingerprint density at radius 3 is 2.85 bits per heavy atom. The van der Waals surface area contributed by atoms with Gasteiger partial charge in [0, 0.05) is 0 Å². The number of fused-ring (bicyclic) bond motifs is 1. The van der Waals surface area contributed by atoms with E-state index in [-0.39, 0.29) is 26.0 Å². The van der Waals surface area contributed by atoms with Crippen molar-refractivity contribution in [1.82, 2.24) is 24.1 Å². The summed E-state index contributed by atoms with van der Waals surface area (Å²) in [4.78, 5) is 22.2. The average Bonchev–Trinajstić information content (AvgIpc) is 3.35. The van der Waals surface area contributed by atoms with Gasteiger partial charge in [-0.25, -0.2) is 0 Å². The summed E-state index contributed by atoms with van der Waals surface area (Å²) in [6.07, 6.45) is 2.45. The molecule has 5 rings (SSSR count). The number of aromatic nitrogens is 5. The third-order valence-corrected chi connectivity index (χ3v) is 12.4. The summed E-state index contributed by atoms with van der Waals surface area (Å²) in [7, 11) is 0. The van der Waals surface area contributed by atoms with Gasteiger partial charge in [0.2, 0.25) is 0 Å². The maximum atomic E-state index is 14.2. The molecule has 2 N–H and O–H groups in total. The normalized spacial score (nSPS) is 16.9. The van der Waals surface area contributed by atoms with E-state index in [2.05, 4.69) is 26.1 Å². The van der Waals surface area contributed by atoms with Crippen molar-refractivity contribution in [3.8, 4) is 11.8 Å². The number of hydrogen-bond donors (Lipinski definition) is 1. The van der Waals surface area contributed by atoms with Gasteiger partial charge >= 0.3 is 207 Å². The minimum absolute atomic E-state index is 0.0741. The average molecular weight is 593 g/mol. The van der Waals surface area contributed by atoms with Crippen molar-refractivity contribution in [2.45, 2.75) is 24.2 Å². The van der Waals surface area contributed by atoms with Gasteiger partial charge in [0.25, 0.3) is 0 Å². The van der Waals surface area contributed by atoms with E-state index in [1.54, 1.807) is 31.3 Å². The monoisotopic (exact) mass is 592 g/mol. The Balaban J connectivity index is 1.81. The number of anilines is 2. The molecule has 0 bridgehead atoms. The first-order valence-corrected chi connectivity index (χ1v) is 14.0.